The van der Waals surface area contributed by atoms with Crippen molar-refractivity contribution in [2.24, 2.45) is 0 Å². The maximum absolute atomic E-state index is 13.0. The second-order valence-electron chi connectivity index (χ2n) is 7.91. The molecule has 0 spiro atoms. The standard InChI is InChI=1S/C23H31N3OS/c1-2-21-20-10-17-28-22(20)9-12-26(21)23(27)18-25-15-13-24(14-16-25)11-8-19-6-4-3-5-7-19/h3-7,10,17,21H,2,8-9,11-16,18H2,1H3. The molecular formula is C23H31N3OS. The molecule has 0 saturated carbocycles. The molecule has 1 aromatic heterocycles. The van der Waals surface area contributed by atoms with Crippen molar-refractivity contribution >= 4 is 17.2 Å². The molecule has 0 aliphatic carbocycles. The molecule has 2 aliphatic rings. The van der Waals surface area contributed by atoms with Gasteiger partial charge in [-0.3, -0.25) is 9.69 Å². The minimum atomic E-state index is 0.273. The van der Waals surface area contributed by atoms with Crippen LogP contribution in [0.15, 0.2) is 41.8 Å². The van der Waals surface area contributed by atoms with Crippen LogP contribution in [0.25, 0.3) is 0 Å². The van der Waals surface area contributed by atoms with Gasteiger partial charge in [-0.05, 0) is 41.8 Å². The van der Waals surface area contributed by atoms with Gasteiger partial charge in [0.05, 0.1) is 12.6 Å². The summed E-state index contributed by atoms with van der Waals surface area (Å²) in [6, 6.07) is 13.2. The quantitative estimate of drug-likeness (QED) is 0.747. The van der Waals surface area contributed by atoms with Crippen molar-refractivity contribution in [2.45, 2.75) is 32.2 Å². The van der Waals surface area contributed by atoms with E-state index in [1.807, 2.05) is 11.3 Å². The highest BCUT2D eigenvalue weighted by atomic mass is 32.1. The molecule has 4 nitrogen and oxygen atoms in total. The van der Waals surface area contributed by atoms with Gasteiger partial charge in [-0.15, -0.1) is 11.3 Å². The van der Waals surface area contributed by atoms with E-state index in [0.717, 1.165) is 58.5 Å². The van der Waals surface area contributed by atoms with Crippen molar-refractivity contribution < 1.29 is 4.79 Å². The Morgan fingerprint density at radius 2 is 1.79 bits per heavy atom. The Bertz CT molecular complexity index is 767. The van der Waals surface area contributed by atoms with Crippen LogP contribution in [0, 0.1) is 0 Å². The average molecular weight is 398 g/mol. The second-order valence-corrected chi connectivity index (χ2v) is 8.91. The number of hydrogen-bond donors (Lipinski definition) is 0. The molecule has 2 aromatic rings. The second kappa shape index (κ2) is 9.21. The fraction of sp³-hybridized carbons (Fsp3) is 0.522. The predicted octanol–water partition coefficient (Wildman–Crippen LogP) is 3.44. The molecular weight excluding hydrogens is 366 g/mol. The number of hydrogen-bond acceptors (Lipinski definition) is 4. The summed E-state index contributed by atoms with van der Waals surface area (Å²) in [5.74, 6) is 0.307. The summed E-state index contributed by atoms with van der Waals surface area (Å²) in [5.41, 5.74) is 2.79. The molecule has 0 bridgehead atoms. The van der Waals surface area contributed by atoms with E-state index in [1.165, 1.54) is 16.0 Å². The summed E-state index contributed by atoms with van der Waals surface area (Å²) in [6.07, 6.45) is 3.12. The van der Waals surface area contributed by atoms with Gasteiger partial charge in [-0.25, -0.2) is 0 Å². The normalized spacial score (nSPS) is 20.9. The summed E-state index contributed by atoms with van der Waals surface area (Å²) < 4.78 is 0. The Labute approximate surface area is 172 Å². The Morgan fingerprint density at radius 1 is 1.04 bits per heavy atom. The van der Waals surface area contributed by atoms with Gasteiger partial charge in [0.1, 0.15) is 0 Å². The average Bonchev–Trinajstić information content (AvgIpc) is 3.22. The summed E-state index contributed by atoms with van der Waals surface area (Å²) in [7, 11) is 0. The van der Waals surface area contributed by atoms with Crippen LogP contribution in [0.5, 0.6) is 0 Å². The monoisotopic (exact) mass is 397 g/mol. The lowest BCUT2D eigenvalue weighted by molar-refractivity contribution is -0.135. The van der Waals surface area contributed by atoms with E-state index >= 15 is 0 Å². The molecule has 0 N–H and O–H groups in total. The highest BCUT2D eigenvalue weighted by molar-refractivity contribution is 7.10. The molecule has 3 heterocycles. The molecule has 1 unspecified atom stereocenters. The Hall–Kier alpha value is -1.69. The number of fused-ring (bicyclic) bond motifs is 1. The largest absolute Gasteiger partial charge is 0.334 e. The van der Waals surface area contributed by atoms with Crippen molar-refractivity contribution in [2.75, 3.05) is 45.8 Å². The number of piperazine rings is 1. The first kappa shape index (κ1) is 19.6. The highest BCUT2D eigenvalue weighted by Gasteiger charge is 2.31. The van der Waals surface area contributed by atoms with E-state index < -0.39 is 0 Å². The molecule has 1 amide bonds. The van der Waals surface area contributed by atoms with E-state index in [-0.39, 0.29) is 6.04 Å². The van der Waals surface area contributed by atoms with E-state index in [0.29, 0.717) is 12.5 Å². The van der Waals surface area contributed by atoms with Gasteiger partial charge in [0.25, 0.3) is 0 Å². The molecule has 1 saturated heterocycles. The van der Waals surface area contributed by atoms with Crippen molar-refractivity contribution in [3.05, 3.63) is 57.8 Å². The third kappa shape index (κ3) is 4.48. The third-order valence-electron chi connectivity index (χ3n) is 6.19. The zero-order valence-electron chi connectivity index (χ0n) is 16.8. The van der Waals surface area contributed by atoms with Gasteiger partial charge < -0.3 is 9.80 Å². The maximum Gasteiger partial charge on any atom is 0.237 e. The summed E-state index contributed by atoms with van der Waals surface area (Å²) in [5, 5.41) is 2.18. The first-order valence-electron chi connectivity index (χ1n) is 10.6. The Kier molecular flexibility index (Phi) is 6.45. The van der Waals surface area contributed by atoms with E-state index in [4.69, 9.17) is 0 Å². The fourth-order valence-electron chi connectivity index (χ4n) is 4.52. The zero-order chi connectivity index (χ0) is 19.3. The molecule has 5 heteroatoms. The molecule has 1 aromatic carbocycles. The lowest BCUT2D eigenvalue weighted by atomic mass is 9.97. The van der Waals surface area contributed by atoms with Gasteiger partial charge in [-0.2, -0.15) is 0 Å². The minimum absolute atomic E-state index is 0.273. The molecule has 1 atom stereocenters. The number of nitrogens with zero attached hydrogens (tertiary/aromatic N) is 3. The molecule has 4 rings (SSSR count). The van der Waals surface area contributed by atoms with Gasteiger partial charge >= 0.3 is 0 Å². The van der Waals surface area contributed by atoms with Crippen LogP contribution in [-0.4, -0.2) is 66.4 Å². The molecule has 150 valence electrons. The van der Waals surface area contributed by atoms with E-state index in [1.54, 1.807) is 0 Å². The van der Waals surface area contributed by atoms with Crippen LogP contribution < -0.4 is 0 Å². The van der Waals surface area contributed by atoms with Crippen LogP contribution in [0.2, 0.25) is 0 Å². The number of carbonyl (C=O) groups excluding carboxylic acids is 1. The number of carbonyl (C=O) groups is 1. The topological polar surface area (TPSA) is 26.8 Å². The molecule has 1 fully saturated rings. The van der Waals surface area contributed by atoms with Crippen molar-refractivity contribution in [1.82, 2.24) is 14.7 Å². The predicted molar refractivity (Wildman–Crippen MR) is 116 cm³/mol. The van der Waals surface area contributed by atoms with Crippen molar-refractivity contribution in [3.63, 3.8) is 0 Å². The first-order valence-corrected chi connectivity index (χ1v) is 11.5. The smallest absolute Gasteiger partial charge is 0.237 e. The third-order valence-corrected chi connectivity index (χ3v) is 7.18. The van der Waals surface area contributed by atoms with Crippen LogP contribution >= 0.6 is 11.3 Å². The van der Waals surface area contributed by atoms with Gasteiger partial charge in [0, 0.05) is 44.1 Å². The molecule has 0 radical (unpaired) electrons. The fourth-order valence-corrected chi connectivity index (χ4v) is 5.45. The maximum atomic E-state index is 13.0. The Morgan fingerprint density at radius 3 is 2.54 bits per heavy atom. The summed E-state index contributed by atoms with van der Waals surface area (Å²) in [6.45, 7) is 8.87. The van der Waals surface area contributed by atoms with E-state index in [2.05, 4.69) is 63.4 Å². The van der Waals surface area contributed by atoms with Crippen LogP contribution in [0.3, 0.4) is 0 Å². The van der Waals surface area contributed by atoms with Crippen LogP contribution in [-0.2, 0) is 17.6 Å². The number of benzene rings is 1. The minimum Gasteiger partial charge on any atom is -0.334 e. The summed E-state index contributed by atoms with van der Waals surface area (Å²) >= 11 is 1.84. The van der Waals surface area contributed by atoms with Gasteiger partial charge in [0.15, 0.2) is 0 Å². The number of thiophene rings is 1. The first-order chi connectivity index (χ1) is 13.7. The SMILES string of the molecule is CCC1c2ccsc2CCN1C(=O)CN1CCN(CCc2ccccc2)CC1. The highest BCUT2D eigenvalue weighted by Crippen LogP contribution is 2.35. The van der Waals surface area contributed by atoms with Gasteiger partial charge in [-0.1, -0.05) is 37.3 Å². The number of amides is 1. The van der Waals surface area contributed by atoms with Crippen molar-refractivity contribution in [3.8, 4) is 0 Å². The van der Waals surface area contributed by atoms with Crippen LogP contribution in [0.4, 0.5) is 0 Å². The molecule has 28 heavy (non-hydrogen) atoms. The van der Waals surface area contributed by atoms with E-state index in [9.17, 15) is 4.79 Å². The number of rotatable bonds is 6. The molecule has 2 aliphatic heterocycles. The zero-order valence-corrected chi connectivity index (χ0v) is 17.7. The van der Waals surface area contributed by atoms with Crippen molar-refractivity contribution in [1.29, 1.82) is 0 Å². The Balaban J connectivity index is 1.25. The summed E-state index contributed by atoms with van der Waals surface area (Å²) in [4.78, 5) is 21.5. The lowest BCUT2D eigenvalue weighted by Crippen LogP contribution is -2.51. The lowest BCUT2D eigenvalue weighted by Gasteiger charge is -2.39. The van der Waals surface area contributed by atoms with Crippen LogP contribution in [0.1, 0.15) is 35.4 Å². The van der Waals surface area contributed by atoms with Gasteiger partial charge in [0.2, 0.25) is 5.91 Å².